The molecule has 0 saturated carbocycles. The largest absolute Gasteiger partial charge is 0.103 e. The van der Waals surface area contributed by atoms with E-state index in [9.17, 15) is 0 Å². The molecule has 0 amide bonds. The molecule has 0 rings (SSSR count). The summed E-state index contributed by atoms with van der Waals surface area (Å²) in [7, 11) is 0. The van der Waals surface area contributed by atoms with Crippen molar-refractivity contribution in [3.8, 4) is 11.8 Å². The van der Waals surface area contributed by atoms with Crippen LogP contribution in [-0.4, -0.2) is 0 Å². The minimum Gasteiger partial charge on any atom is -0.103 e. The van der Waals surface area contributed by atoms with E-state index in [-0.39, 0.29) is 0 Å². The lowest BCUT2D eigenvalue weighted by molar-refractivity contribution is 0.554. The SMILES string of the molecule is [CH2]CCCC#CCCCCCCCCCCCC[CH2]. The number of hydrogen-bond acceptors (Lipinski definition) is 0. The van der Waals surface area contributed by atoms with Gasteiger partial charge in [-0.1, -0.05) is 84.5 Å². The maximum absolute atomic E-state index is 3.88. The molecule has 0 saturated heterocycles. The van der Waals surface area contributed by atoms with Gasteiger partial charge >= 0.3 is 0 Å². The number of rotatable bonds is 13. The Balaban J connectivity index is 3.00. The van der Waals surface area contributed by atoms with Gasteiger partial charge in [0, 0.05) is 12.8 Å². The molecule has 0 aliphatic heterocycles. The second-order valence-electron chi connectivity index (χ2n) is 5.45. The van der Waals surface area contributed by atoms with Crippen molar-refractivity contribution in [1.82, 2.24) is 0 Å². The first kappa shape index (κ1) is 18.6. The maximum atomic E-state index is 3.88. The molecule has 0 spiro atoms. The summed E-state index contributed by atoms with van der Waals surface area (Å²) in [6.45, 7) is 7.70. The van der Waals surface area contributed by atoms with Crippen LogP contribution in [0.25, 0.3) is 0 Å². The van der Waals surface area contributed by atoms with Crippen molar-refractivity contribution in [2.75, 3.05) is 0 Å². The second kappa shape index (κ2) is 17.6. The van der Waals surface area contributed by atoms with Gasteiger partial charge in [-0.25, -0.2) is 0 Å². The molecule has 0 atom stereocenters. The van der Waals surface area contributed by atoms with Crippen molar-refractivity contribution in [2.24, 2.45) is 0 Å². The van der Waals surface area contributed by atoms with Gasteiger partial charge in [-0.15, -0.1) is 11.8 Å². The third-order valence-corrected chi connectivity index (χ3v) is 3.48. The Hall–Kier alpha value is -0.440. The predicted molar refractivity (Wildman–Crippen MR) is 87.7 cm³/mol. The molecule has 0 fully saturated rings. The summed E-state index contributed by atoms with van der Waals surface area (Å²) in [5, 5.41) is 0. The van der Waals surface area contributed by atoms with Crippen LogP contribution in [0.4, 0.5) is 0 Å². The molecule has 0 aromatic heterocycles. The Kier molecular flexibility index (Phi) is 17.2. The Morgan fingerprint density at radius 3 is 1.26 bits per heavy atom. The molecule has 0 heterocycles. The molecule has 19 heavy (non-hydrogen) atoms. The third-order valence-electron chi connectivity index (χ3n) is 3.48. The van der Waals surface area contributed by atoms with Gasteiger partial charge in [0.15, 0.2) is 0 Å². The zero-order chi connectivity index (χ0) is 14.0. The van der Waals surface area contributed by atoms with E-state index < -0.39 is 0 Å². The maximum Gasteiger partial charge on any atom is 0.00886 e. The summed E-state index contributed by atoms with van der Waals surface area (Å²) >= 11 is 0. The van der Waals surface area contributed by atoms with Crippen LogP contribution in [0.15, 0.2) is 0 Å². The van der Waals surface area contributed by atoms with E-state index in [1.165, 1.54) is 64.2 Å². The van der Waals surface area contributed by atoms with E-state index in [0.29, 0.717) is 0 Å². The van der Waals surface area contributed by atoms with Crippen molar-refractivity contribution in [3.63, 3.8) is 0 Å². The third kappa shape index (κ3) is 17.6. The molecule has 0 bridgehead atoms. The molecular formula is C19H34. The molecule has 0 N–H and O–H groups in total. The van der Waals surface area contributed by atoms with Crippen molar-refractivity contribution >= 4 is 0 Å². The molecule has 0 heteroatoms. The van der Waals surface area contributed by atoms with E-state index in [0.717, 1.165) is 32.1 Å². The summed E-state index contributed by atoms with van der Waals surface area (Å²) in [6, 6.07) is 0. The lowest BCUT2D eigenvalue weighted by Crippen LogP contribution is -1.82. The molecule has 110 valence electrons. The highest BCUT2D eigenvalue weighted by molar-refractivity contribution is 4.98. The van der Waals surface area contributed by atoms with E-state index in [4.69, 9.17) is 0 Å². The van der Waals surface area contributed by atoms with Crippen LogP contribution >= 0.6 is 0 Å². The van der Waals surface area contributed by atoms with Crippen LogP contribution in [0, 0.1) is 25.7 Å². The fraction of sp³-hybridized carbons (Fsp3) is 0.789. The molecule has 0 aliphatic rings. The molecule has 0 aromatic carbocycles. The van der Waals surface area contributed by atoms with Crippen molar-refractivity contribution in [1.29, 1.82) is 0 Å². The topological polar surface area (TPSA) is 0 Å². The highest BCUT2D eigenvalue weighted by atomic mass is 14.0. The molecule has 0 aromatic rings. The van der Waals surface area contributed by atoms with Gasteiger partial charge in [-0.2, -0.15) is 0 Å². The first-order valence-corrected chi connectivity index (χ1v) is 8.46. The highest BCUT2D eigenvalue weighted by Gasteiger charge is 1.92. The molecule has 2 radical (unpaired) electrons. The van der Waals surface area contributed by atoms with Crippen LogP contribution in [0.5, 0.6) is 0 Å². The van der Waals surface area contributed by atoms with E-state index in [1.807, 2.05) is 0 Å². The van der Waals surface area contributed by atoms with Gasteiger partial charge in [-0.3, -0.25) is 0 Å². The average Bonchev–Trinajstić information content (AvgIpc) is 2.43. The van der Waals surface area contributed by atoms with Crippen LogP contribution in [0.3, 0.4) is 0 Å². The van der Waals surface area contributed by atoms with Crippen LogP contribution in [-0.2, 0) is 0 Å². The van der Waals surface area contributed by atoms with E-state index >= 15 is 0 Å². The zero-order valence-corrected chi connectivity index (χ0v) is 13.0. The van der Waals surface area contributed by atoms with Crippen molar-refractivity contribution in [2.45, 2.75) is 96.3 Å². The van der Waals surface area contributed by atoms with Gasteiger partial charge < -0.3 is 0 Å². The fourth-order valence-electron chi connectivity index (χ4n) is 2.19. The number of hydrogen-bond donors (Lipinski definition) is 0. The lowest BCUT2D eigenvalue weighted by atomic mass is 10.1. The Labute approximate surface area is 122 Å². The quantitative estimate of drug-likeness (QED) is 0.262. The summed E-state index contributed by atoms with van der Waals surface area (Å²) in [4.78, 5) is 0. The predicted octanol–water partition coefficient (Wildman–Crippen LogP) is 6.51. The average molecular weight is 262 g/mol. The van der Waals surface area contributed by atoms with Crippen molar-refractivity contribution in [3.05, 3.63) is 13.8 Å². The molecule has 0 aliphatic carbocycles. The summed E-state index contributed by atoms with van der Waals surface area (Å²) in [6.07, 6.45) is 19.3. The summed E-state index contributed by atoms with van der Waals surface area (Å²) < 4.78 is 0. The summed E-state index contributed by atoms with van der Waals surface area (Å²) in [5.41, 5.74) is 0. The first-order valence-electron chi connectivity index (χ1n) is 8.46. The first-order chi connectivity index (χ1) is 9.41. The Bertz CT molecular complexity index is 206. The monoisotopic (exact) mass is 262 g/mol. The minimum absolute atomic E-state index is 1.02. The van der Waals surface area contributed by atoms with Gasteiger partial charge in [0.1, 0.15) is 0 Å². The van der Waals surface area contributed by atoms with Gasteiger partial charge in [0.25, 0.3) is 0 Å². The zero-order valence-electron chi connectivity index (χ0n) is 13.0. The van der Waals surface area contributed by atoms with Gasteiger partial charge in [0.2, 0.25) is 0 Å². The van der Waals surface area contributed by atoms with Crippen LogP contribution in [0.2, 0.25) is 0 Å². The van der Waals surface area contributed by atoms with Gasteiger partial charge in [0.05, 0.1) is 0 Å². The number of unbranched alkanes of at least 4 members (excludes halogenated alkanes) is 13. The van der Waals surface area contributed by atoms with Gasteiger partial charge in [-0.05, 0) is 12.8 Å². The standard InChI is InChI=1S/C19H34/c1-3-5-7-9-11-13-15-17-19-18-16-14-12-10-8-6-4-2/h1-9,11,13-19H2. The molecular weight excluding hydrogens is 228 g/mol. The second-order valence-corrected chi connectivity index (χ2v) is 5.45. The molecule has 0 unspecified atom stereocenters. The lowest BCUT2D eigenvalue weighted by Gasteiger charge is -2.01. The Morgan fingerprint density at radius 1 is 0.421 bits per heavy atom. The summed E-state index contributed by atoms with van der Waals surface area (Å²) in [5.74, 6) is 6.50. The molecule has 0 nitrogen and oxygen atoms in total. The Morgan fingerprint density at radius 2 is 0.789 bits per heavy atom. The van der Waals surface area contributed by atoms with Crippen molar-refractivity contribution < 1.29 is 0 Å². The minimum atomic E-state index is 1.02. The van der Waals surface area contributed by atoms with Crippen LogP contribution in [0.1, 0.15) is 96.3 Å². The smallest absolute Gasteiger partial charge is 0.00886 e. The van der Waals surface area contributed by atoms with E-state index in [2.05, 4.69) is 25.7 Å². The van der Waals surface area contributed by atoms with Crippen LogP contribution < -0.4 is 0 Å². The van der Waals surface area contributed by atoms with E-state index in [1.54, 1.807) is 0 Å². The highest BCUT2D eigenvalue weighted by Crippen LogP contribution is 2.11. The fourth-order valence-corrected chi connectivity index (χ4v) is 2.19. The normalized spacial score (nSPS) is 10.2.